The van der Waals surface area contributed by atoms with Crippen LogP contribution in [0.2, 0.25) is 10.0 Å². The van der Waals surface area contributed by atoms with Crippen molar-refractivity contribution in [3.05, 3.63) is 52.0 Å². The molecule has 0 saturated heterocycles. The SMILES string of the molecule is Nc1ccc(C(=O)Nc2c(Cl)cccc2Cl)cc1O. The molecule has 0 saturated carbocycles. The molecule has 0 radical (unpaired) electrons. The van der Waals surface area contributed by atoms with Crippen molar-refractivity contribution >= 4 is 40.5 Å². The smallest absolute Gasteiger partial charge is 0.255 e. The molecule has 0 aliphatic carbocycles. The van der Waals surface area contributed by atoms with Gasteiger partial charge in [-0.15, -0.1) is 0 Å². The van der Waals surface area contributed by atoms with Crippen LogP contribution in [0.15, 0.2) is 36.4 Å². The zero-order chi connectivity index (χ0) is 14.0. The summed E-state index contributed by atoms with van der Waals surface area (Å²) in [7, 11) is 0. The minimum absolute atomic E-state index is 0.155. The first-order valence-electron chi connectivity index (χ1n) is 5.33. The first kappa shape index (κ1) is 13.5. The van der Waals surface area contributed by atoms with Gasteiger partial charge in [0.1, 0.15) is 5.75 Å². The van der Waals surface area contributed by atoms with Gasteiger partial charge >= 0.3 is 0 Å². The summed E-state index contributed by atoms with van der Waals surface area (Å²) in [6, 6.07) is 9.12. The number of aromatic hydroxyl groups is 1. The van der Waals surface area contributed by atoms with Gasteiger partial charge in [-0.2, -0.15) is 0 Å². The second kappa shape index (κ2) is 5.38. The van der Waals surface area contributed by atoms with E-state index in [-0.39, 0.29) is 17.0 Å². The predicted molar refractivity (Wildman–Crippen MR) is 76.9 cm³/mol. The van der Waals surface area contributed by atoms with Crippen molar-refractivity contribution in [3.8, 4) is 5.75 Å². The van der Waals surface area contributed by atoms with E-state index in [1.54, 1.807) is 18.2 Å². The van der Waals surface area contributed by atoms with E-state index in [4.69, 9.17) is 28.9 Å². The summed E-state index contributed by atoms with van der Waals surface area (Å²) in [4.78, 5) is 12.0. The highest BCUT2D eigenvalue weighted by Crippen LogP contribution is 2.30. The lowest BCUT2D eigenvalue weighted by atomic mass is 10.1. The fourth-order valence-corrected chi connectivity index (χ4v) is 1.98. The van der Waals surface area contributed by atoms with E-state index in [1.807, 2.05) is 0 Å². The Labute approximate surface area is 119 Å². The van der Waals surface area contributed by atoms with Crippen LogP contribution in [0.1, 0.15) is 10.4 Å². The molecule has 2 aromatic rings. The molecule has 0 aliphatic rings. The average Bonchev–Trinajstić information content (AvgIpc) is 2.37. The Hall–Kier alpha value is -1.91. The van der Waals surface area contributed by atoms with E-state index in [2.05, 4.69) is 5.32 Å². The van der Waals surface area contributed by atoms with Crippen LogP contribution >= 0.6 is 23.2 Å². The van der Waals surface area contributed by atoms with E-state index in [0.29, 0.717) is 15.7 Å². The number of rotatable bonds is 2. The number of benzene rings is 2. The molecule has 4 N–H and O–H groups in total. The van der Waals surface area contributed by atoms with Gasteiger partial charge in [0.15, 0.2) is 0 Å². The zero-order valence-corrected chi connectivity index (χ0v) is 11.2. The van der Waals surface area contributed by atoms with Crippen molar-refractivity contribution in [2.24, 2.45) is 0 Å². The number of nitrogens with two attached hydrogens (primary N) is 1. The zero-order valence-electron chi connectivity index (χ0n) is 9.65. The second-order valence-corrected chi connectivity index (χ2v) is 4.64. The molecular formula is C13H10Cl2N2O2. The molecule has 0 atom stereocenters. The molecule has 0 spiro atoms. The number of carbonyl (C=O) groups excluding carboxylic acids is 1. The maximum Gasteiger partial charge on any atom is 0.255 e. The predicted octanol–water partition coefficient (Wildman–Crippen LogP) is 3.53. The van der Waals surface area contributed by atoms with Gasteiger partial charge in [0.05, 0.1) is 21.4 Å². The third kappa shape index (κ3) is 2.92. The van der Waals surface area contributed by atoms with Crippen LogP contribution in [-0.4, -0.2) is 11.0 Å². The summed E-state index contributed by atoms with van der Waals surface area (Å²) in [6.45, 7) is 0. The molecule has 19 heavy (non-hydrogen) atoms. The van der Waals surface area contributed by atoms with Crippen LogP contribution in [-0.2, 0) is 0 Å². The molecule has 0 aliphatic heterocycles. The largest absolute Gasteiger partial charge is 0.506 e. The molecule has 0 bridgehead atoms. The van der Waals surface area contributed by atoms with Crippen LogP contribution in [0.5, 0.6) is 5.75 Å². The monoisotopic (exact) mass is 296 g/mol. The van der Waals surface area contributed by atoms with Gasteiger partial charge in [-0.25, -0.2) is 0 Å². The quantitative estimate of drug-likeness (QED) is 0.586. The number of para-hydroxylation sites is 1. The Bertz CT molecular complexity index is 624. The van der Waals surface area contributed by atoms with Crippen LogP contribution in [0.4, 0.5) is 11.4 Å². The molecule has 2 rings (SSSR count). The first-order valence-corrected chi connectivity index (χ1v) is 6.08. The van der Waals surface area contributed by atoms with Crippen molar-refractivity contribution in [1.29, 1.82) is 0 Å². The highest BCUT2D eigenvalue weighted by Gasteiger charge is 2.12. The summed E-state index contributed by atoms with van der Waals surface area (Å²) < 4.78 is 0. The van der Waals surface area contributed by atoms with Crippen molar-refractivity contribution in [1.82, 2.24) is 0 Å². The molecule has 0 aromatic heterocycles. The lowest BCUT2D eigenvalue weighted by Crippen LogP contribution is -2.12. The van der Waals surface area contributed by atoms with E-state index < -0.39 is 5.91 Å². The number of phenolic OH excluding ortho intramolecular Hbond substituents is 1. The maximum absolute atomic E-state index is 12.0. The number of nitrogen functional groups attached to an aromatic ring is 1. The lowest BCUT2D eigenvalue weighted by Gasteiger charge is -2.09. The number of halogens is 2. The van der Waals surface area contributed by atoms with Gasteiger partial charge in [0.25, 0.3) is 5.91 Å². The Morgan fingerprint density at radius 2 is 1.79 bits per heavy atom. The summed E-state index contributed by atoms with van der Waals surface area (Å²) in [5.74, 6) is -0.594. The standard InChI is InChI=1S/C13H10Cl2N2O2/c14-8-2-1-3-9(15)12(8)17-13(19)7-4-5-10(16)11(18)6-7/h1-6,18H,16H2,(H,17,19). The minimum atomic E-state index is -0.440. The number of anilines is 2. The van der Waals surface area contributed by atoms with Crippen molar-refractivity contribution in [2.75, 3.05) is 11.1 Å². The molecule has 4 nitrogen and oxygen atoms in total. The fourth-order valence-electron chi connectivity index (χ4n) is 1.49. The molecule has 2 aromatic carbocycles. The highest BCUT2D eigenvalue weighted by atomic mass is 35.5. The van der Waals surface area contributed by atoms with E-state index in [0.717, 1.165) is 0 Å². The van der Waals surface area contributed by atoms with Crippen molar-refractivity contribution in [2.45, 2.75) is 0 Å². The van der Waals surface area contributed by atoms with Gasteiger partial charge in [-0.1, -0.05) is 29.3 Å². The number of hydrogen-bond acceptors (Lipinski definition) is 3. The Morgan fingerprint density at radius 3 is 2.37 bits per heavy atom. The van der Waals surface area contributed by atoms with Gasteiger partial charge in [-0.3, -0.25) is 4.79 Å². The average molecular weight is 297 g/mol. The fraction of sp³-hybridized carbons (Fsp3) is 0. The molecule has 6 heteroatoms. The molecular weight excluding hydrogens is 287 g/mol. The Balaban J connectivity index is 2.28. The van der Waals surface area contributed by atoms with Crippen LogP contribution < -0.4 is 11.1 Å². The van der Waals surface area contributed by atoms with Gasteiger partial charge in [-0.05, 0) is 30.3 Å². The number of phenols is 1. The van der Waals surface area contributed by atoms with Gasteiger partial charge in [0, 0.05) is 5.56 Å². The summed E-state index contributed by atoms with van der Waals surface area (Å²) in [5, 5.41) is 12.7. The lowest BCUT2D eigenvalue weighted by molar-refractivity contribution is 0.102. The second-order valence-electron chi connectivity index (χ2n) is 3.82. The van der Waals surface area contributed by atoms with E-state index >= 15 is 0 Å². The molecule has 0 heterocycles. The number of amides is 1. The van der Waals surface area contributed by atoms with E-state index in [1.165, 1.54) is 18.2 Å². The van der Waals surface area contributed by atoms with Crippen LogP contribution in [0, 0.1) is 0 Å². The summed E-state index contributed by atoms with van der Waals surface area (Å²) in [5.41, 5.74) is 6.25. The van der Waals surface area contributed by atoms with E-state index in [9.17, 15) is 9.90 Å². The molecule has 98 valence electrons. The third-order valence-electron chi connectivity index (χ3n) is 2.49. The van der Waals surface area contributed by atoms with Crippen molar-refractivity contribution in [3.63, 3.8) is 0 Å². The molecule has 0 fully saturated rings. The first-order chi connectivity index (χ1) is 8.99. The van der Waals surface area contributed by atoms with Gasteiger partial charge in [0.2, 0.25) is 0 Å². The topological polar surface area (TPSA) is 75.4 Å². The maximum atomic E-state index is 12.0. The Morgan fingerprint density at radius 1 is 1.16 bits per heavy atom. The number of hydrogen-bond donors (Lipinski definition) is 3. The molecule has 1 amide bonds. The minimum Gasteiger partial charge on any atom is -0.506 e. The van der Waals surface area contributed by atoms with Crippen LogP contribution in [0.3, 0.4) is 0 Å². The third-order valence-corrected chi connectivity index (χ3v) is 3.12. The van der Waals surface area contributed by atoms with Crippen molar-refractivity contribution < 1.29 is 9.90 Å². The summed E-state index contributed by atoms with van der Waals surface area (Å²) in [6.07, 6.45) is 0. The normalized spacial score (nSPS) is 10.2. The molecule has 0 unspecified atom stereocenters. The summed E-state index contributed by atoms with van der Waals surface area (Å²) >= 11 is 11.9. The van der Waals surface area contributed by atoms with Crippen LogP contribution in [0.25, 0.3) is 0 Å². The highest BCUT2D eigenvalue weighted by molar-refractivity contribution is 6.40. The van der Waals surface area contributed by atoms with Gasteiger partial charge < -0.3 is 16.2 Å². The Kier molecular flexibility index (Phi) is 3.83. The number of nitrogens with one attached hydrogen (secondary N) is 1. The number of carbonyl (C=O) groups is 1.